The fourth-order valence-electron chi connectivity index (χ4n) is 6.95. The summed E-state index contributed by atoms with van der Waals surface area (Å²) in [6.45, 7) is 8.92. The first-order chi connectivity index (χ1) is 19.7. The number of halogens is 4. The lowest BCUT2D eigenvalue weighted by Crippen LogP contribution is -2.52. The van der Waals surface area contributed by atoms with Gasteiger partial charge in [0.1, 0.15) is 6.67 Å². The first-order valence-electron chi connectivity index (χ1n) is 14.4. The van der Waals surface area contributed by atoms with E-state index in [1.165, 1.54) is 6.08 Å². The van der Waals surface area contributed by atoms with Crippen molar-refractivity contribution in [2.24, 2.45) is 23.2 Å². The monoisotopic (exact) mass is 613 g/mol. The number of aliphatic hydroxyl groups excluding tert-OH is 2. The largest absolute Gasteiger partial charge is 0.394 e. The number of hydrogen-bond acceptors (Lipinski definition) is 5. The van der Waals surface area contributed by atoms with Gasteiger partial charge in [-0.25, -0.2) is 13.2 Å². The molecule has 6 atom stereocenters. The van der Waals surface area contributed by atoms with Gasteiger partial charge in [-0.1, -0.05) is 58.4 Å². The SMILES string of the molecule is CC(C)CC(C)(C)C[C@H]1N[C@@H](C(=O)NCC[C@H](O)CO)[C@H](C(C)/C=C\C=C(\Cl)CF)[C@@]12C(=O)Nc1cc(F)c(F)cc12. The van der Waals surface area contributed by atoms with Gasteiger partial charge in [-0.15, -0.1) is 0 Å². The van der Waals surface area contributed by atoms with Crippen molar-refractivity contribution >= 4 is 29.1 Å². The Morgan fingerprint density at radius 3 is 2.52 bits per heavy atom. The minimum absolute atomic E-state index is 0.0238. The molecule has 2 aliphatic heterocycles. The topological polar surface area (TPSA) is 111 Å². The van der Waals surface area contributed by atoms with Crippen LogP contribution in [0.3, 0.4) is 0 Å². The van der Waals surface area contributed by atoms with Crippen LogP contribution in [-0.2, 0) is 15.0 Å². The van der Waals surface area contributed by atoms with Gasteiger partial charge >= 0.3 is 0 Å². The number of carbonyl (C=O) groups excluding carboxylic acids is 2. The first-order valence-corrected chi connectivity index (χ1v) is 14.8. The van der Waals surface area contributed by atoms with Crippen molar-refractivity contribution in [2.75, 3.05) is 25.1 Å². The molecular formula is C31H43ClF3N3O4. The number of alkyl halides is 1. The molecule has 1 aromatic rings. The fraction of sp³-hybridized carbons (Fsp3) is 0.613. The van der Waals surface area contributed by atoms with E-state index in [9.17, 15) is 27.9 Å². The summed E-state index contributed by atoms with van der Waals surface area (Å²) < 4.78 is 42.1. The molecule has 0 aliphatic carbocycles. The first kappa shape index (κ1) is 34.1. The van der Waals surface area contributed by atoms with Crippen molar-refractivity contribution in [1.29, 1.82) is 0 Å². The van der Waals surface area contributed by atoms with Crippen LogP contribution in [0.15, 0.2) is 35.4 Å². The molecule has 0 radical (unpaired) electrons. The summed E-state index contributed by atoms with van der Waals surface area (Å²) in [6.07, 6.45) is 5.04. The number of allylic oxidation sites excluding steroid dienone is 4. The fourth-order valence-corrected chi connectivity index (χ4v) is 7.02. The number of rotatable bonds is 13. The predicted molar refractivity (Wildman–Crippen MR) is 158 cm³/mol. The summed E-state index contributed by atoms with van der Waals surface area (Å²) in [7, 11) is 0. The molecule has 3 rings (SSSR count). The Kier molecular flexibility index (Phi) is 11.3. The zero-order valence-corrected chi connectivity index (χ0v) is 25.6. The molecule has 42 heavy (non-hydrogen) atoms. The van der Waals surface area contributed by atoms with Gasteiger partial charge < -0.3 is 26.2 Å². The van der Waals surface area contributed by atoms with Crippen LogP contribution in [-0.4, -0.2) is 60.0 Å². The zero-order valence-electron chi connectivity index (χ0n) is 24.8. The van der Waals surface area contributed by atoms with Crippen molar-refractivity contribution in [3.8, 4) is 0 Å². The van der Waals surface area contributed by atoms with E-state index in [-0.39, 0.29) is 34.7 Å². The van der Waals surface area contributed by atoms with Crippen LogP contribution >= 0.6 is 11.6 Å². The van der Waals surface area contributed by atoms with Crippen molar-refractivity contribution in [3.63, 3.8) is 0 Å². The average molecular weight is 614 g/mol. The molecule has 1 aromatic carbocycles. The molecule has 1 spiro atoms. The third-order valence-corrected chi connectivity index (χ3v) is 8.55. The van der Waals surface area contributed by atoms with Crippen molar-refractivity contribution < 1.29 is 33.0 Å². The van der Waals surface area contributed by atoms with E-state index in [1.807, 2.05) is 6.92 Å². The Morgan fingerprint density at radius 2 is 1.90 bits per heavy atom. The van der Waals surface area contributed by atoms with Gasteiger partial charge in [-0.05, 0) is 54.2 Å². The second kappa shape index (κ2) is 13.9. The van der Waals surface area contributed by atoms with Gasteiger partial charge in [0.05, 0.1) is 24.2 Å². The Hall–Kier alpha value is -2.40. The summed E-state index contributed by atoms with van der Waals surface area (Å²) >= 11 is 5.84. The van der Waals surface area contributed by atoms with Gasteiger partial charge in [0.15, 0.2) is 11.6 Å². The molecule has 1 fully saturated rings. The maximum absolute atomic E-state index is 14.8. The molecule has 11 heteroatoms. The van der Waals surface area contributed by atoms with Crippen LogP contribution in [0.1, 0.15) is 59.4 Å². The Labute approximate surface area is 251 Å². The molecule has 2 amide bonds. The summed E-state index contributed by atoms with van der Waals surface area (Å²) in [4.78, 5) is 27.9. The summed E-state index contributed by atoms with van der Waals surface area (Å²) in [6, 6.07) is 0.440. The number of carbonyl (C=O) groups is 2. The third-order valence-electron chi connectivity index (χ3n) is 8.32. The molecule has 2 heterocycles. The Balaban J connectivity index is 2.19. The normalized spacial score (nSPS) is 25.8. The quantitative estimate of drug-likeness (QED) is 0.207. The van der Waals surface area contributed by atoms with E-state index in [0.29, 0.717) is 12.3 Å². The Bertz CT molecular complexity index is 1210. The summed E-state index contributed by atoms with van der Waals surface area (Å²) in [5, 5.41) is 27.9. The number of hydrogen-bond donors (Lipinski definition) is 5. The zero-order chi connectivity index (χ0) is 31.4. The second-order valence-corrected chi connectivity index (χ2v) is 13.2. The van der Waals surface area contributed by atoms with Crippen LogP contribution in [0.4, 0.5) is 18.9 Å². The number of nitrogens with one attached hydrogen (secondary N) is 3. The van der Waals surface area contributed by atoms with Gasteiger partial charge in [-0.3, -0.25) is 9.59 Å². The van der Waals surface area contributed by atoms with E-state index in [1.54, 1.807) is 12.2 Å². The van der Waals surface area contributed by atoms with Crippen molar-refractivity contribution in [1.82, 2.24) is 10.6 Å². The van der Waals surface area contributed by atoms with Gasteiger partial charge in [0.2, 0.25) is 11.8 Å². The van der Waals surface area contributed by atoms with E-state index < -0.39 is 72.2 Å². The predicted octanol–water partition coefficient (Wildman–Crippen LogP) is 4.72. The van der Waals surface area contributed by atoms with E-state index >= 15 is 0 Å². The highest BCUT2D eigenvalue weighted by Crippen LogP contribution is 2.55. The molecule has 0 saturated carbocycles. The number of anilines is 1. The van der Waals surface area contributed by atoms with Crippen LogP contribution < -0.4 is 16.0 Å². The highest BCUT2D eigenvalue weighted by molar-refractivity contribution is 6.29. The number of benzene rings is 1. The average Bonchev–Trinajstić information content (AvgIpc) is 3.37. The Morgan fingerprint density at radius 1 is 1.24 bits per heavy atom. The standard InChI is InChI=1S/C31H43ClF3N3O4/c1-17(2)13-30(4,5)14-25-31(21-11-22(34)23(35)12-24(21)37-29(31)42)26(18(3)7-6-8-19(32)15-33)27(38-25)28(41)36-10-9-20(40)16-39/h6-8,11-12,17-18,20,25-27,38-40H,9-10,13-16H2,1-5H3,(H,36,41)(H,37,42)/b7-6-,19-8+/t18?,20-,25+,26-,27+,31-/m0/s1. The van der Waals surface area contributed by atoms with Gasteiger partial charge in [-0.2, -0.15) is 0 Å². The molecule has 234 valence electrons. The van der Waals surface area contributed by atoms with Gasteiger partial charge in [0.25, 0.3) is 0 Å². The van der Waals surface area contributed by atoms with Crippen LogP contribution in [0, 0.1) is 34.8 Å². The molecule has 1 unspecified atom stereocenters. The van der Waals surface area contributed by atoms with E-state index in [4.69, 9.17) is 16.7 Å². The molecule has 0 bridgehead atoms. The van der Waals surface area contributed by atoms with Crippen molar-refractivity contribution in [3.05, 3.63) is 52.6 Å². The molecular weight excluding hydrogens is 571 g/mol. The van der Waals surface area contributed by atoms with E-state index in [2.05, 4.69) is 43.6 Å². The van der Waals surface area contributed by atoms with E-state index in [0.717, 1.165) is 18.6 Å². The van der Waals surface area contributed by atoms with Crippen LogP contribution in [0.5, 0.6) is 0 Å². The number of fused-ring (bicyclic) bond motifs is 2. The molecule has 0 aromatic heterocycles. The number of aliphatic hydroxyl groups is 2. The maximum Gasteiger partial charge on any atom is 0.237 e. The third kappa shape index (κ3) is 7.21. The second-order valence-electron chi connectivity index (χ2n) is 12.7. The lowest BCUT2D eigenvalue weighted by Gasteiger charge is -2.40. The number of amides is 2. The summed E-state index contributed by atoms with van der Waals surface area (Å²) in [5.74, 6) is -4.03. The van der Waals surface area contributed by atoms with Gasteiger partial charge in [0, 0.05) is 35.3 Å². The summed E-state index contributed by atoms with van der Waals surface area (Å²) in [5.41, 5.74) is -1.32. The molecule has 1 saturated heterocycles. The smallest absolute Gasteiger partial charge is 0.237 e. The van der Waals surface area contributed by atoms with Crippen LogP contribution in [0.25, 0.3) is 0 Å². The molecule has 5 N–H and O–H groups in total. The lowest BCUT2D eigenvalue weighted by molar-refractivity contribution is -0.126. The highest BCUT2D eigenvalue weighted by atomic mass is 35.5. The van der Waals surface area contributed by atoms with Crippen LogP contribution in [0.2, 0.25) is 0 Å². The minimum atomic E-state index is -1.46. The lowest BCUT2D eigenvalue weighted by atomic mass is 9.60. The highest BCUT2D eigenvalue weighted by Gasteiger charge is 2.66. The molecule has 7 nitrogen and oxygen atoms in total. The molecule has 2 aliphatic rings. The van der Waals surface area contributed by atoms with Crippen molar-refractivity contribution in [2.45, 2.75) is 77.5 Å². The maximum atomic E-state index is 14.8. The minimum Gasteiger partial charge on any atom is -0.394 e.